The van der Waals surface area contributed by atoms with Crippen molar-refractivity contribution in [3.8, 4) is 0 Å². The molecule has 24 heavy (non-hydrogen) atoms. The fraction of sp³-hybridized carbons (Fsp3) is 0.556. The minimum atomic E-state index is -0.0491. The zero-order valence-corrected chi connectivity index (χ0v) is 14.9. The molecule has 0 N–H and O–H groups in total. The van der Waals surface area contributed by atoms with Gasteiger partial charge < -0.3 is 0 Å². The molecule has 0 aliphatic carbocycles. The van der Waals surface area contributed by atoms with Crippen LogP contribution in [0.25, 0.3) is 0 Å². The Kier molecular flexibility index (Phi) is 4.49. The van der Waals surface area contributed by atoms with Crippen molar-refractivity contribution in [1.29, 1.82) is 0 Å². The molecule has 2 aromatic rings. The summed E-state index contributed by atoms with van der Waals surface area (Å²) in [6, 6.07) is 3.47. The van der Waals surface area contributed by atoms with Gasteiger partial charge in [-0.05, 0) is 13.0 Å². The second-order valence-corrected chi connectivity index (χ2v) is 7.69. The fourth-order valence-corrected chi connectivity index (χ4v) is 2.90. The predicted octanol–water partition coefficient (Wildman–Crippen LogP) is 1.77. The highest BCUT2D eigenvalue weighted by molar-refractivity contribution is 5.11. The van der Waals surface area contributed by atoms with Crippen molar-refractivity contribution in [2.75, 3.05) is 13.1 Å². The van der Waals surface area contributed by atoms with Crippen molar-refractivity contribution in [3.05, 3.63) is 52.0 Å². The minimum Gasteiger partial charge on any atom is -0.298 e. The van der Waals surface area contributed by atoms with Gasteiger partial charge in [0, 0.05) is 55.0 Å². The molecule has 0 radical (unpaired) electrons. The van der Waals surface area contributed by atoms with E-state index in [-0.39, 0.29) is 11.0 Å². The molecule has 1 fully saturated rings. The predicted molar refractivity (Wildman–Crippen MR) is 92.7 cm³/mol. The first-order valence-corrected chi connectivity index (χ1v) is 8.40. The first kappa shape index (κ1) is 16.8. The number of hydrogen-bond donors (Lipinski definition) is 0. The highest BCUT2D eigenvalue weighted by Crippen LogP contribution is 2.21. The number of likely N-dealkylation sites (tertiary alicyclic amines) is 1. The number of nitrogens with zero attached hydrogens (tertiary/aromatic N) is 5. The van der Waals surface area contributed by atoms with Gasteiger partial charge in [0.25, 0.3) is 5.56 Å². The molecule has 1 aliphatic heterocycles. The third kappa shape index (κ3) is 3.87. The lowest BCUT2D eigenvalue weighted by Crippen LogP contribution is -2.49. The van der Waals surface area contributed by atoms with Crippen molar-refractivity contribution < 1.29 is 0 Å². The number of hydrogen-bond acceptors (Lipinski definition) is 5. The first-order valence-electron chi connectivity index (χ1n) is 8.40. The SMILES string of the molecule is Cc1ncc(CN2CC(Cn3nc(C(C)(C)C)ccc3=O)C2)cn1. The highest BCUT2D eigenvalue weighted by atomic mass is 16.1. The lowest BCUT2D eigenvalue weighted by atomic mass is 9.92. The molecule has 128 valence electrons. The van der Waals surface area contributed by atoms with Gasteiger partial charge in [-0.1, -0.05) is 20.8 Å². The fourth-order valence-electron chi connectivity index (χ4n) is 2.90. The normalized spacial score (nSPS) is 16.2. The topological polar surface area (TPSA) is 63.9 Å². The smallest absolute Gasteiger partial charge is 0.266 e. The van der Waals surface area contributed by atoms with Crippen LogP contribution in [-0.2, 0) is 18.5 Å². The van der Waals surface area contributed by atoms with Crippen LogP contribution in [0.4, 0.5) is 0 Å². The largest absolute Gasteiger partial charge is 0.298 e. The summed E-state index contributed by atoms with van der Waals surface area (Å²) in [5.74, 6) is 1.27. The highest BCUT2D eigenvalue weighted by Gasteiger charge is 2.28. The van der Waals surface area contributed by atoms with Crippen LogP contribution < -0.4 is 5.56 Å². The molecule has 0 bridgehead atoms. The summed E-state index contributed by atoms with van der Waals surface area (Å²) in [5, 5.41) is 4.55. The number of aromatic nitrogens is 4. The van der Waals surface area contributed by atoms with Gasteiger partial charge in [0.1, 0.15) is 5.82 Å². The zero-order valence-electron chi connectivity index (χ0n) is 14.9. The maximum atomic E-state index is 12.0. The van der Waals surface area contributed by atoms with Crippen molar-refractivity contribution in [3.63, 3.8) is 0 Å². The Morgan fingerprint density at radius 2 is 1.83 bits per heavy atom. The standard InChI is InChI=1S/C18H25N5O/c1-13-19-7-14(8-20-13)9-22-10-15(11-22)12-23-17(24)6-5-16(21-23)18(2,3)4/h5-8,15H,9-12H2,1-4H3. The molecule has 1 aliphatic rings. The number of rotatable bonds is 4. The molecular weight excluding hydrogens is 302 g/mol. The minimum absolute atomic E-state index is 0.0200. The van der Waals surface area contributed by atoms with E-state index in [4.69, 9.17) is 0 Å². The average molecular weight is 327 g/mol. The first-order chi connectivity index (χ1) is 11.3. The van der Waals surface area contributed by atoms with Crippen LogP contribution in [0.5, 0.6) is 0 Å². The van der Waals surface area contributed by atoms with Gasteiger partial charge in [-0.3, -0.25) is 9.69 Å². The molecule has 0 aromatic carbocycles. The van der Waals surface area contributed by atoms with Crippen LogP contribution >= 0.6 is 0 Å². The Balaban J connectivity index is 1.57. The third-order valence-corrected chi connectivity index (χ3v) is 4.34. The molecule has 3 rings (SSSR count). The van der Waals surface area contributed by atoms with E-state index in [0.29, 0.717) is 12.5 Å². The van der Waals surface area contributed by atoms with Crippen LogP contribution in [0.3, 0.4) is 0 Å². The molecule has 0 unspecified atom stereocenters. The quantitative estimate of drug-likeness (QED) is 0.856. The molecule has 0 amide bonds. The molecule has 6 heteroatoms. The molecular formula is C18H25N5O. The Morgan fingerprint density at radius 3 is 2.46 bits per heavy atom. The number of aryl methyl sites for hydroxylation is 1. The molecule has 0 spiro atoms. The molecule has 6 nitrogen and oxygen atoms in total. The molecule has 2 aromatic heterocycles. The summed E-state index contributed by atoms with van der Waals surface area (Å²) in [7, 11) is 0. The van der Waals surface area contributed by atoms with Gasteiger partial charge in [-0.15, -0.1) is 0 Å². The van der Waals surface area contributed by atoms with E-state index in [9.17, 15) is 4.79 Å². The van der Waals surface area contributed by atoms with Gasteiger partial charge in [0.2, 0.25) is 0 Å². The van der Waals surface area contributed by atoms with Crippen LogP contribution in [0.1, 0.15) is 37.9 Å². The maximum Gasteiger partial charge on any atom is 0.266 e. The van der Waals surface area contributed by atoms with Gasteiger partial charge in [0.15, 0.2) is 0 Å². The van der Waals surface area contributed by atoms with E-state index in [1.54, 1.807) is 10.7 Å². The summed E-state index contributed by atoms with van der Waals surface area (Å²) < 4.78 is 1.62. The maximum absolute atomic E-state index is 12.0. The Bertz CT molecular complexity index is 754. The van der Waals surface area contributed by atoms with Crippen molar-refractivity contribution in [2.45, 2.75) is 46.2 Å². The van der Waals surface area contributed by atoms with Gasteiger partial charge in [-0.2, -0.15) is 5.10 Å². The van der Waals surface area contributed by atoms with Crippen molar-refractivity contribution in [2.24, 2.45) is 5.92 Å². The van der Waals surface area contributed by atoms with Crippen molar-refractivity contribution >= 4 is 0 Å². The molecule has 3 heterocycles. The zero-order chi connectivity index (χ0) is 17.3. The second kappa shape index (κ2) is 6.43. The van der Waals surface area contributed by atoms with E-state index in [1.807, 2.05) is 25.4 Å². The Hall–Kier alpha value is -2.08. The van der Waals surface area contributed by atoms with E-state index in [1.165, 1.54) is 0 Å². The van der Waals surface area contributed by atoms with Crippen LogP contribution in [0, 0.1) is 12.8 Å². The van der Waals surface area contributed by atoms with E-state index < -0.39 is 0 Å². The summed E-state index contributed by atoms with van der Waals surface area (Å²) in [6.07, 6.45) is 3.77. The van der Waals surface area contributed by atoms with Crippen LogP contribution in [-0.4, -0.2) is 37.7 Å². The molecule has 0 saturated carbocycles. The van der Waals surface area contributed by atoms with Crippen LogP contribution in [0.15, 0.2) is 29.3 Å². The monoisotopic (exact) mass is 327 g/mol. The second-order valence-electron chi connectivity index (χ2n) is 7.69. The summed E-state index contributed by atoms with van der Waals surface area (Å²) >= 11 is 0. The van der Waals surface area contributed by atoms with Gasteiger partial charge in [-0.25, -0.2) is 14.6 Å². The van der Waals surface area contributed by atoms with Gasteiger partial charge in [0.05, 0.1) is 12.2 Å². The molecule has 1 saturated heterocycles. The van der Waals surface area contributed by atoms with E-state index >= 15 is 0 Å². The lowest BCUT2D eigenvalue weighted by Gasteiger charge is -2.39. The van der Waals surface area contributed by atoms with E-state index in [2.05, 4.69) is 40.7 Å². The summed E-state index contributed by atoms with van der Waals surface area (Å²) in [5.41, 5.74) is 2.01. The average Bonchev–Trinajstić information content (AvgIpc) is 2.47. The van der Waals surface area contributed by atoms with Crippen LogP contribution in [0.2, 0.25) is 0 Å². The summed E-state index contributed by atoms with van der Waals surface area (Å²) in [4.78, 5) is 22.8. The Morgan fingerprint density at radius 1 is 1.17 bits per heavy atom. The summed E-state index contributed by atoms with van der Waals surface area (Å²) in [6.45, 7) is 11.7. The Labute approximate surface area is 142 Å². The van der Waals surface area contributed by atoms with Crippen molar-refractivity contribution in [1.82, 2.24) is 24.6 Å². The third-order valence-electron chi connectivity index (χ3n) is 4.34. The molecule has 0 atom stereocenters. The van der Waals surface area contributed by atoms with E-state index in [0.717, 1.165) is 36.7 Å². The van der Waals surface area contributed by atoms with Gasteiger partial charge >= 0.3 is 0 Å². The lowest BCUT2D eigenvalue weighted by molar-refractivity contribution is 0.0761.